The molecule has 2 N–H and O–H groups in total. The third-order valence-electron chi connectivity index (χ3n) is 1.34. The van der Waals surface area contributed by atoms with E-state index in [2.05, 4.69) is 8.37 Å². The molecule has 1 aliphatic heterocycles. The van der Waals surface area contributed by atoms with Crippen molar-refractivity contribution < 1.29 is 26.4 Å². The van der Waals surface area contributed by atoms with Crippen molar-refractivity contribution in [3.8, 4) is 0 Å². The quantitative estimate of drug-likeness (QED) is 0.513. The Bertz CT molecular complexity index is 333. The van der Waals surface area contributed by atoms with Crippen LogP contribution < -0.4 is 5.73 Å². The van der Waals surface area contributed by atoms with Gasteiger partial charge < -0.3 is 14.1 Å². The maximum atomic E-state index is 10.8. The van der Waals surface area contributed by atoms with Gasteiger partial charge in [-0.25, -0.2) is 4.79 Å². The second-order valence-corrected chi connectivity index (χ2v) is 3.56. The zero-order valence-corrected chi connectivity index (χ0v) is 7.24. The van der Waals surface area contributed by atoms with Crippen LogP contribution in [0.4, 0.5) is 0 Å². The lowest BCUT2D eigenvalue weighted by Crippen LogP contribution is -2.37. The molecule has 0 amide bonds. The highest BCUT2D eigenvalue weighted by atomic mass is 32.3. The number of carbonyl (C=O) groups excluding carboxylic acids is 2. The van der Waals surface area contributed by atoms with E-state index in [4.69, 9.17) is 5.73 Å². The molecule has 1 saturated heterocycles. The largest absolute Gasteiger partial charge is 0.506 e. The molecule has 7 nitrogen and oxygen atoms in total. The third kappa shape index (κ3) is 2.67. The van der Waals surface area contributed by atoms with E-state index in [9.17, 15) is 18.0 Å². The lowest BCUT2D eigenvalue weighted by atomic mass is 10.2. The molecule has 74 valence electrons. The normalized spacial score (nSPS) is 28.2. The van der Waals surface area contributed by atoms with Gasteiger partial charge in [-0.1, -0.05) is 0 Å². The molecular formula is C5H7NO6S. The van der Waals surface area contributed by atoms with E-state index in [-0.39, 0.29) is 12.8 Å². The van der Waals surface area contributed by atoms with E-state index in [1.165, 1.54) is 0 Å². The van der Waals surface area contributed by atoms with Crippen LogP contribution in [0, 0.1) is 0 Å². The third-order valence-corrected chi connectivity index (χ3v) is 2.10. The highest BCUT2D eigenvalue weighted by molar-refractivity contribution is 7.82. The van der Waals surface area contributed by atoms with Gasteiger partial charge in [0.05, 0.1) is 0 Å². The molecule has 0 radical (unpaired) electrons. The molecule has 0 saturated carbocycles. The predicted octanol–water partition coefficient (Wildman–Crippen LogP) is -1.56. The Morgan fingerprint density at radius 1 is 1.31 bits per heavy atom. The van der Waals surface area contributed by atoms with Crippen molar-refractivity contribution in [1.82, 2.24) is 0 Å². The maximum absolute atomic E-state index is 10.8. The zero-order valence-electron chi connectivity index (χ0n) is 6.43. The van der Waals surface area contributed by atoms with E-state index in [0.29, 0.717) is 0 Å². The predicted molar refractivity (Wildman–Crippen MR) is 38.3 cm³/mol. The Morgan fingerprint density at radius 2 is 1.92 bits per heavy atom. The van der Waals surface area contributed by atoms with Crippen molar-refractivity contribution in [2.24, 2.45) is 5.73 Å². The minimum atomic E-state index is -4.55. The number of nitrogens with two attached hydrogens (primary N) is 1. The first-order valence-corrected chi connectivity index (χ1v) is 4.70. The van der Waals surface area contributed by atoms with Crippen molar-refractivity contribution >= 4 is 22.3 Å². The van der Waals surface area contributed by atoms with E-state index < -0.39 is 28.4 Å². The van der Waals surface area contributed by atoms with Gasteiger partial charge in [0.2, 0.25) is 0 Å². The van der Waals surface area contributed by atoms with E-state index in [1.54, 1.807) is 0 Å². The van der Waals surface area contributed by atoms with Crippen molar-refractivity contribution in [1.29, 1.82) is 0 Å². The summed E-state index contributed by atoms with van der Waals surface area (Å²) in [6, 6.07) is -1.11. The summed E-state index contributed by atoms with van der Waals surface area (Å²) in [5.41, 5.74) is 5.18. The lowest BCUT2D eigenvalue weighted by Gasteiger charge is -2.13. The average molecular weight is 209 g/mol. The van der Waals surface area contributed by atoms with Crippen molar-refractivity contribution in [3.05, 3.63) is 0 Å². The lowest BCUT2D eigenvalue weighted by molar-refractivity contribution is -0.141. The standard InChI is InChI=1S/C5H7NO6S/c6-3-1-2-4(7)11-13(9,10)12-5(3)8/h3H,1-2,6H2/t3-/m1/s1. The first-order chi connectivity index (χ1) is 5.91. The fourth-order valence-corrected chi connectivity index (χ4v) is 1.40. The Kier molecular flexibility index (Phi) is 2.52. The Morgan fingerprint density at radius 3 is 2.54 bits per heavy atom. The molecule has 0 spiro atoms. The zero-order chi connectivity index (χ0) is 10.1. The molecule has 0 aliphatic carbocycles. The van der Waals surface area contributed by atoms with Crippen molar-refractivity contribution in [3.63, 3.8) is 0 Å². The summed E-state index contributed by atoms with van der Waals surface area (Å²) in [6.07, 6.45) is -0.220. The first kappa shape index (κ1) is 9.93. The Balaban J connectivity index is 2.86. The van der Waals surface area contributed by atoms with Crippen LogP contribution in [0.25, 0.3) is 0 Å². The minimum Gasteiger partial charge on any atom is -0.318 e. The van der Waals surface area contributed by atoms with Gasteiger partial charge in [0, 0.05) is 6.42 Å². The summed E-state index contributed by atoms with van der Waals surface area (Å²) in [5.74, 6) is -2.10. The molecule has 0 aromatic rings. The molecular weight excluding hydrogens is 202 g/mol. The van der Waals surface area contributed by atoms with E-state index >= 15 is 0 Å². The highest BCUT2D eigenvalue weighted by Gasteiger charge is 2.30. The summed E-state index contributed by atoms with van der Waals surface area (Å²) in [4.78, 5) is 21.4. The van der Waals surface area contributed by atoms with E-state index in [1.807, 2.05) is 0 Å². The molecule has 1 aliphatic rings. The molecule has 0 unspecified atom stereocenters. The van der Waals surface area contributed by atoms with Gasteiger partial charge in [-0.2, -0.15) is 0 Å². The first-order valence-electron chi connectivity index (χ1n) is 3.37. The topological polar surface area (TPSA) is 113 Å². The Hall–Kier alpha value is -1.15. The fourth-order valence-electron chi connectivity index (χ4n) is 0.726. The van der Waals surface area contributed by atoms with Crippen molar-refractivity contribution in [2.45, 2.75) is 18.9 Å². The van der Waals surface area contributed by atoms with Crippen LogP contribution in [-0.4, -0.2) is 26.4 Å². The molecule has 0 bridgehead atoms. The molecule has 8 heteroatoms. The molecule has 1 rings (SSSR count). The van der Waals surface area contributed by atoms with Crippen LogP contribution in [0.1, 0.15) is 12.8 Å². The monoisotopic (exact) mass is 209 g/mol. The van der Waals surface area contributed by atoms with Gasteiger partial charge in [0.1, 0.15) is 6.04 Å². The van der Waals surface area contributed by atoms with Crippen LogP contribution >= 0.6 is 0 Å². The number of hydrogen-bond donors (Lipinski definition) is 1. The molecule has 1 heterocycles. The van der Waals surface area contributed by atoms with Crippen LogP contribution in [0.5, 0.6) is 0 Å². The van der Waals surface area contributed by atoms with Crippen LogP contribution in [0.15, 0.2) is 0 Å². The van der Waals surface area contributed by atoms with Gasteiger partial charge in [0.15, 0.2) is 0 Å². The fraction of sp³-hybridized carbons (Fsp3) is 0.600. The van der Waals surface area contributed by atoms with E-state index in [0.717, 1.165) is 0 Å². The van der Waals surface area contributed by atoms with Gasteiger partial charge >= 0.3 is 22.3 Å². The number of rotatable bonds is 0. The summed E-state index contributed by atoms with van der Waals surface area (Å²) < 4.78 is 29.0. The molecule has 0 aromatic carbocycles. The summed E-state index contributed by atoms with van der Waals surface area (Å²) in [5, 5.41) is 0. The number of hydrogen-bond acceptors (Lipinski definition) is 7. The van der Waals surface area contributed by atoms with Crippen LogP contribution in [-0.2, 0) is 28.4 Å². The maximum Gasteiger partial charge on any atom is 0.506 e. The average Bonchev–Trinajstić information content (AvgIpc) is 1.96. The molecule has 13 heavy (non-hydrogen) atoms. The Labute approximate surface area is 74.1 Å². The smallest absolute Gasteiger partial charge is 0.318 e. The van der Waals surface area contributed by atoms with Crippen molar-refractivity contribution in [2.75, 3.05) is 0 Å². The molecule has 1 atom stereocenters. The molecule has 0 aromatic heterocycles. The van der Waals surface area contributed by atoms with Crippen LogP contribution in [0.2, 0.25) is 0 Å². The second-order valence-electron chi connectivity index (χ2n) is 2.41. The summed E-state index contributed by atoms with van der Waals surface area (Å²) in [6.45, 7) is 0. The van der Waals surface area contributed by atoms with Gasteiger partial charge in [0.25, 0.3) is 0 Å². The second kappa shape index (κ2) is 3.30. The van der Waals surface area contributed by atoms with Gasteiger partial charge in [-0.05, 0) is 6.42 Å². The van der Waals surface area contributed by atoms with Crippen LogP contribution in [0.3, 0.4) is 0 Å². The summed E-state index contributed by atoms with van der Waals surface area (Å²) >= 11 is 0. The number of carbonyl (C=O) groups is 2. The summed E-state index contributed by atoms with van der Waals surface area (Å²) in [7, 11) is -4.55. The SMILES string of the molecule is N[C@@H]1CCC(=O)OS(=O)(=O)OC1=O. The van der Waals surface area contributed by atoms with Gasteiger partial charge in [-0.3, -0.25) is 4.79 Å². The minimum absolute atomic E-state index is 0.00713. The highest BCUT2D eigenvalue weighted by Crippen LogP contribution is 2.09. The molecule has 1 fully saturated rings. The van der Waals surface area contributed by atoms with Gasteiger partial charge in [-0.15, -0.1) is 8.42 Å².